The van der Waals surface area contributed by atoms with E-state index >= 15 is 0 Å². The van der Waals surface area contributed by atoms with Gasteiger partial charge in [-0.05, 0) is 37.5 Å². The van der Waals surface area contributed by atoms with Gasteiger partial charge in [0.2, 0.25) is 0 Å². The molecule has 7 nitrogen and oxygen atoms in total. The Morgan fingerprint density at radius 1 is 1.33 bits per heavy atom. The first-order valence-electron chi connectivity index (χ1n) is 8.23. The lowest BCUT2D eigenvalue weighted by Crippen LogP contribution is -2.46. The number of urea groups is 1. The van der Waals surface area contributed by atoms with Crippen molar-refractivity contribution in [3.8, 4) is 5.75 Å². The van der Waals surface area contributed by atoms with E-state index in [1.807, 2.05) is 0 Å². The molecular weight excluding hydrogens is 367 g/mol. The first kappa shape index (κ1) is 19.0. The monoisotopic (exact) mass is 385 g/mol. The Kier molecular flexibility index (Phi) is 5.01. The SMILES string of the molecule is Cc1cc(NC(=O)N2CCC(O)(c3cccc(OC(F)(F)F)c3)CC2)no1. The van der Waals surface area contributed by atoms with E-state index in [9.17, 15) is 23.1 Å². The van der Waals surface area contributed by atoms with Crippen LogP contribution in [-0.4, -0.2) is 40.6 Å². The standard InChI is InChI=1S/C17H18F3N3O4/c1-11-9-14(22-27-11)21-15(24)23-7-5-16(25,6-8-23)12-3-2-4-13(10-12)26-17(18,19)20/h2-4,9-10,25H,5-8H2,1H3,(H,21,22,24). The predicted octanol–water partition coefficient (Wildman–Crippen LogP) is 3.40. The maximum absolute atomic E-state index is 12.4. The third-order valence-electron chi connectivity index (χ3n) is 4.35. The van der Waals surface area contributed by atoms with Gasteiger partial charge >= 0.3 is 12.4 Å². The largest absolute Gasteiger partial charge is 0.573 e. The van der Waals surface area contributed by atoms with Crippen LogP contribution < -0.4 is 10.1 Å². The summed E-state index contributed by atoms with van der Waals surface area (Å²) in [5.41, 5.74) is -1.02. The number of nitrogens with one attached hydrogen (secondary N) is 1. The third kappa shape index (κ3) is 4.70. The van der Waals surface area contributed by atoms with Gasteiger partial charge in [-0.3, -0.25) is 5.32 Å². The number of rotatable bonds is 3. The lowest BCUT2D eigenvalue weighted by molar-refractivity contribution is -0.274. The molecule has 146 valence electrons. The molecule has 2 amide bonds. The number of benzene rings is 1. The number of hydrogen-bond acceptors (Lipinski definition) is 5. The molecule has 0 bridgehead atoms. The number of carbonyl (C=O) groups excluding carboxylic acids is 1. The van der Waals surface area contributed by atoms with E-state index in [0.717, 1.165) is 0 Å². The van der Waals surface area contributed by atoms with E-state index in [1.54, 1.807) is 13.0 Å². The number of alkyl halides is 3. The van der Waals surface area contributed by atoms with E-state index in [-0.39, 0.29) is 37.8 Å². The molecule has 1 aromatic heterocycles. The molecule has 1 saturated heterocycles. The topological polar surface area (TPSA) is 87.8 Å². The number of aliphatic hydroxyl groups is 1. The Bertz CT molecular complexity index is 814. The van der Waals surface area contributed by atoms with Gasteiger partial charge in [0.05, 0.1) is 5.60 Å². The molecule has 1 fully saturated rings. The van der Waals surface area contributed by atoms with Crippen LogP contribution in [0.4, 0.5) is 23.8 Å². The van der Waals surface area contributed by atoms with Gasteiger partial charge in [0.1, 0.15) is 11.5 Å². The van der Waals surface area contributed by atoms with Gasteiger partial charge in [-0.15, -0.1) is 13.2 Å². The van der Waals surface area contributed by atoms with Crippen molar-refractivity contribution in [2.45, 2.75) is 31.7 Å². The fraction of sp³-hybridized carbons (Fsp3) is 0.412. The average Bonchev–Trinajstić information content (AvgIpc) is 2.99. The van der Waals surface area contributed by atoms with Gasteiger partial charge in [0.15, 0.2) is 5.82 Å². The number of nitrogens with zero attached hydrogens (tertiary/aromatic N) is 2. The molecule has 27 heavy (non-hydrogen) atoms. The maximum Gasteiger partial charge on any atom is 0.573 e. The van der Waals surface area contributed by atoms with Crippen molar-refractivity contribution in [2.24, 2.45) is 0 Å². The van der Waals surface area contributed by atoms with Crippen molar-refractivity contribution in [3.63, 3.8) is 0 Å². The van der Waals surface area contributed by atoms with Gasteiger partial charge < -0.3 is 19.3 Å². The predicted molar refractivity (Wildman–Crippen MR) is 88.1 cm³/mol. The summed E-state index contributed by atoms with van der Waals surface area (Å²) < 4.78 is 45.9. The molecule has 0 unspecified atom stereocenters. The van der Waals surface area contributed by atoms with E-state index in [0.29, 0.717) is 11.3 Å². The first-order chi connectivity index (χ1) is 12.6. The normalized spacial score (nSPS) is 16.9. The highest BCUT2D eigenvalue weighted by Crippen LogP contribution is 2.35. The highest BCUT2D eigenvalue weighted by atomic mass is 19.4. The van der Waals surface area contributed by atoms with Crippen molar-refractivity contribution < 1.29 is 32.3 Å². The lowest BCUT2D eigenvalue weighted by Gasteiger charge is -2.38. The van der Waals surface area contributed by atoms with Crippen LogP contribution in [0.15, 0.2) is 34.9 Å². The Morgan fingerprint density at radius 3 is 2.63 bits per heavy atom. The highest BCUT2D eigenvalue weighted by molar-refractivity contribution is 5.88. The number of piperidine rings is 1. The minimum atomic E-state index is -4.80. The van der Waals surface area contributed by atoms with E-state index < -0.39 is 17.7 Å². The number of likely N-dealkylation sites (tertiary alicyclic amines) is 1. The summed E-state index contributed by atoms with van der Waals surface area (Å²) in [6, 6.07) is 6.45. The number of carbonyl (C=O) groups is 1. The fourth-order valence-electron chi connectivity index (χ4n) is 2.97. The molecule has 0 radical (unpaired) electrons. The molecular formula is C17H18F3N3O4. The van der Waals surface area contributed by atoms with Gasteiger partial charge in [0, 0.05) is 19.2 Å². The molecule has 10 heteroatoms. The summed E-state index contributed by atoms with van der Waals surface area (Å²) in [7, 11) is 0. The van der Waals surface area contributed by atoms with Gasteiger partial charge in [0.25, 0.3) is 0 Å². The number of hydrogen-bond donors (Lipinski definition) is 2. The summed E-state index contributed by atoms with van der Waals surface area (Å²) in [6.07, 6.45) is -4.45. The Balaban J connectivity index is 1.63. The van der Waals surface area contributed by atoms with Gasteiger partial charge in [-0.2, -0.15) is 0 Å². The number of halogens is 3. The molecule has 2 N–H and O–H groups in total. The van der Waals surface area contributed by atoms with E-state index in [1.165, 1.54) is 29.2 Å². The second-order valence-electron chi connectivity index (χ2n) is 6.35. The number of aryl methyl sites for hydroxylation is 1. The molecule has 1 aromatic carbocycles. The molecule has 1 aliphatic rings. The molecule has 0 spiro atoms. The summed E-state index contributed by atoms with van der Waals surface area (Å²) in [5.74, 6) is 0.449. The Hall–Kier alpha value is -2.75. The number of aromatic nitrogens is 1. The third-order valence-corrected chi connectivity index (χ3v) is 4.35. The van der Waals surface area contributed by atoms with Crippen LogP contribution in [0.5, 0.6) is 5.75 Å². The summed E-state index contributed by atoms with van der Waals surface area (Å²) in [5, 5.41) is 17.1. The molecule has 0 aliphatic carbocycles. The van der Waals surface area contributed by atoms with Crippen molar-refractivity contribution >= 4 is 11.8 Å². The quantitative estimate of drug-likeness (QED) is 0.846. The summed E-state index contributed by atoms with van der Waals surface area (Å²) in [6.45, 7) is 2.15. The molecule has 2 heterocycles. The number of anilines is 1. The van der Waals surface area contributed by atoms with Crippen LogP contribution in [0.1, 0.15) is 24.2 Å². The zero-order chi connectivity index (χ0) is 19.7. The van der Waals surface area contributed by atoms with Crippen molar-refractivity contribution in [2.75, 3.05) is 18.4 Å². The van der Waals surface area contributed by atoms with Crippen molar-refractivity contribution in [3.05, 3.63) is 41.7 Å². The second kappa shape index (κ2) is 7.10. The number of ether oxygens (including phenoxy) is 1. The van der Waals surface area contributed by atoms with Crippen LogP contribution in [0.25, 0.3) is 0 Å². The van der Waals surface area contributed by atoms with Gasteiger partial charge in [-0.25, -0.2) is 4.79 Å². The van der Waals surface area contributed by atoms with Crippen LogP contribution in [0.2, 0.25) is 0 Å². The first-order valence-corrected chi connectivity index (χ1v) is 8.23. The molecule has 1 aliphatic heterocycles. The molecule has 2 aromatic rings. The molecule has 3 rings (SSSR count). The fourth-order valence-corrected chi connectivity index (χ4v) is 2.97. The van der Waals surface area contributed by atoms with E-state index in [2.05, 4.69) is 15.2 Å². The van der Waals surface area contributed by atoms with Crippen molar-refractivity contribution in [1.29, 1.82) is 0 Å². The summed E-state index contributed by atoms with van der Waals surface area (Å²) >= 11 is 0. The van der Waals surface area contributed by atoms with Crippen LogP contribution in [-0.2, 0) is 5.60 Å². The Labute approximate surface area is 152 Å². The zero-order valence-electron chi connectivity index (χ0n) is 14.4. The molecule has 0 atom stereocenters. The van der Waals surface area contributed by atoms with Crippen LogP contribution in [0.3, 0.4) is 0 Å². The highest BCUT2D eigenvalue weighted by Gasteiger charge is 2.37. The molecule has 0 saturated carbocycles. The van der Waals surface area contributed by atoms with Crippen LogP contribution in [0, 0.1) is 6.92 Å². The van der Waals surface area contributed by atoms with E-state index in [4.69, 9.17) is 4.52 Å². The minimum absolute atomic E-state index is 0.174. The number of amides is 2. The average molecular weight is 385 g/mol. The zero-order valence-corrected chi connectivity index (χ0v) is 14.4. The lowest BCUT2D eigenvalue weighted by atomic mass is 9.84. The van der Waals surface area contributed by atoms with Crippen molar-refractivity contribution in [1.82, 2.24) is 10.1 Å². The maximum atomic E-state index is 12.4. The Morgan fingerprint density at radius 2 is 2.04 bits per heavy atom. The van der Waals surface area contributed by atoms with Crippen LogP contribution >= 0.6 is 0 Å². The van der Waals surface area contributed by atoms with Gasteiger partial charge in [-0.1, -0.05) is 17.3 Å². The summed E-state index contributed by atoms with van der Waals surface area (Å²) in [4.78, 5) is 13.7. The second-order valence-corrected chi connectivity index (χ2v) is 6.35. The minimum Gasteiger partial charge on any atom is -0.406 e. The smallest absolute Gasteiger partial charge is 0.406 e.